The minimum atomic E-state index is -0.557. The van der Waals surface area contributed by atoms with Crippen LogP contribution in [0.25, 0.3) is 0 Å². The average molecular weight is 208 g/mol. The predicted molar refractivity (Wildman–Crippen MR) is 47.0 cm³/mol. The lowest BCUT2D eigenvalue weighted by molar-refractivity contribution is -0.0198. The molecule has 0 bridgehead atoms. The van der Waals surface area contributed by atoms with Gasteiger partial charge in [0.05, 0.1) is 0 Å². The highest BCUT2D eigenvalue weighted by Crippen LogP contribution is 1.97. The molecule has 0 radical (unpaired) electrons. The zero-order chi connectivity index (χ0) is 11.0. The first kappa shape index (κ1) is 13.1. The van der Waals surface area contributed by atoms with Crippen LogP contribution in [0, 0.1) is 0 Å². The minimum Gasteiger partial charge on any atom is -0.376 e. The summed E-state index contributed by atoms with van der Waals surface area (Å²) in [5.74, 6) is 0. The maximum atomic E-state index is 11.5. The number of carbonyl (C=O) groups is 1. The molecule has 84 valence electrons. The molecular formula is C7H16N2O5. The monoisotopic (exact) mass is 208 g/mol. The van der Waals surface area contributed by atoms with Crippen molar-refractivity contribution in [2.45, 2.75) is 0 Å². The van der Waals surface area contributed by atoms with E-state index in [-0.39, 0.29) is 13.5 Å². The molecule has 0 rings (SSSR count). The van der Waals surface area contributed by atoms with Crippen molar-refractivity contribution in [3.8, 4) is 0 Å². The molecule has 0 saturated carbocycles. The number of urea groups is 1. The predicted octanol–water partition coefficient (Wildman–Crippen LogP) is -1.18. The highest BCUT2D eigenvalue weighted by Gasteiger charge is 2.18. The van der Waals surface area contributed by atoms with Crippen molar-refractivity contribution in [1.82, 2.24) is 9.80 Å². The molecule has 7 nitrogen and oxygen atoms in total. The first-order valence-electron chi connectivity index (χ1n) is 3.94. The molecule has 0 fully saturated rings. The summed E-state index contributed by atoms with van der Waals surface area (Å²) in [5.41, 5.74) is 0. The molecule has 0 atom stereocenters. The van der Waals surface area contributed by atoms with Crippen LogP contribution in [0.1, 0.15) is 0 Å². The molecule has 14 heavy (non-hydrogen) atoms. The Morgan fingerprint density at radius 3 is 1.79 bits per heavy atom. The third-order valence-corrected chi connectivity index (χ3v) is 1.45. The summed E-state index contributed by atoms with van der Waals surface area (Å²) in [6, 6.07) is -0.557. The van der Waals surface area contributed by atoms with Gasteiger partial charge in [0, 0.05) is 14.2 Å². The van der Waals surface area contributed by atoms with Crippen molar-refractivity contribution in [3.63, 3.8) is 0 Å². The smallest absolute Gasteiger partial charge is 0.327 e. The topological polar surface area (TPSA) is 82.5 Å². The standard InChI is InChI=1S/C7H16N2O5/c1-13-5-9(6-14-2)7(12)8(3-10)4-11/h10-11H,3-6H2,1-2H3. The number of hydrogen-bond acceptors (Lipinski definition) is 5. The van der Waals surface area contributed by atoms with E-state index >= 15 is 0 Å². The molecule has 0 spiro atoms. The Bertz CT molecular complexity index is 156. The second-order valence-corrected chi connectivity index (χ2v) is 2.48. The van der Waals surface area contributed by atoms with Crippen molar-refractivity contribution in [2.24, 2.45) is 0 Å². The summed E-state index contributed by atoms with van der Waals surface area (Å²) in [7, 11) is 2.86. The van der Waals surface area contributed by atoms with Crippen LogP contribution in [0.15, 0.2) is 0 Å². The number of aliphatic hydroxyl groups excluding tert-OH is 2. The molecular weight excluding hydrogens is 192 g/mol. The summed E-state index contributed by atoms with van der Waals surface area (Å²) in [6.45, 7) is -1.05. The summed E-state index contributed by atoms with van der Waals surface area (Å²) in [5, 5.41) is 17.4. The van der Waals surface area contributed by atoms with Gasteiger partial charge in [-0.25, -0.2) is 4.79 Å². The van der Waals surface area contributed by atoms with Crippen LogP contribution in [0.2, 0.25) is 0 Å². The molecule has 0 aliphatic rings. The quantitative estimate of drug-likeness (QED) is 0.537. The fourth-order valence-corrected chi connectivity index (χ4v) is 0.825. The van der Waals surface area contributed by atoms with Crippen LogP contribution in [0.4, 0.5) is 4.79 Å². The maximum absolute atomic E-state index is 11.5. The van der Waals surface area contributed by atoms with E-state index in [0.717, 1.165) is 4.90 Å². The molecule has 0 aliphatic carbocycles. The van der Waals surface area contributed by atoms with Crippen molar-refractivity contribution in [2.75, 3.05) is 41.1 Å². The van der Waals surface area contributed by atoms with Gasteiger partial charge in [-0.3, -0.25) is 9.80 Å². The Morgan fingerprint density at radius 2 is 1.50 bits per heavy atom. The summed E-state index contributed by atoms with van der Waals surface area (Å²) in [4.78, 5) is 13.5. The Balaban J connectivity index is 4.24. The fraction of sp³-hybridized carbons (Fsp3) is 0.857. The molecule has 7 heteroatoms. The van der Waals surface area contributed by atoms with E-state index in [9.17, 15) is 4.79 Å². The zero-order valence-electron chi connectivity index (χ0n) is 8.34. The molecule has 0 aromatic rings. The number of aliphatic hydroxyl groups is 2. The van der Waals surface area contributed by atoms with Gasteiger partial charge in [0.1, 0.15) is 26.9 Å². The van der Waals surface area contributed by atoms with Crippen molar-refractivity contribution < 1.29 is 24.5 Å². The molecule has 0 saturated heterocycles. The number of ether oxygens (including phenoxy) is 2. The molecule has 0 aromatic carbocycles. The Morgan fingerprint density at radius 1 is 1.07 bits per heavy atom. The van der Waals surface area contributed by atoms with Crippen molar-refractivity contribution in [3.05, 3.63) is 0 Å². The van der Waals surface area contributed by atoms with E-state index in [1.165, 1.54) is 19.1 Å². The van der Waals surface area contributed by atoms with E-state index in [1.54, 1.807) is 0 Å². The number of methoxy groups -OCH3 is 2. The maximum Gasteiger partial charge on any atom is 0.327 e. The number of nitrogens with zero attached hydrogens (tertiary/aromatic N) is 2. The number of hydrogen-bond donors (Lipinski definition) is 2. The van der Waals surface area contributed by atoms with E-state index in [0.29, 0.717) is 0 Å². The van der Waals surface area contributed by atoms with Gasteiger partial charge >= 0.3 is 6.03 Å². The molecule has 2 amide bonds. The van der Waals surface area contributed by atoms with Gasteiger partial charge in [0.2, 0.25) is 0 Å². The SMILES string of the molecule is COCN(COC)C(=O)N(CO)CO. The van der Waals surface area contributed by atoms with E-state index < -0.39 is 19.5 Å². The molecule has 0 heterocycles. The van der Waals surface area contributed by atoms with Gasteiger partial charge in [-0.1, -0.05) is 0 Å². The minimum absolute atomic E-state index is 0.0309. The van der Waals surface area contributed by atoms with E-state index in [2.05, 4.69) is 0 Å². The van der Waals surface area contributed by atoms with Crippen molar-refractivity contribution >= 4 is 6.03 Å². The lowest BCUT2D eigenvalue weighted by Crippen LogP contribution is -2.45. The number of carbonyl (C=O) groups excluding carboxylic acids is 1. The van der Waals surface area contributed by atoms with Crippen LogP contribution in [0.3, 0.4) is 0 Å². The van der Waals surface area contributed by atoms with Crippen LogP contribution in [-0.2, 0) is 9.47 Å². The van der Waals surface area contributed by atoms with Gasteiger partial charge in [-0.2, -0.15) is 0 Å². The molecule has 0 aliphatic heterocycles. The van der Waals surface area contributed by atoms with Crippen LogP contribution >= 0.6 is 0 Å². The summed E-state index contributed by atoms with van der Waals surface area (Å²) >= 11 is 0. The molecule has 0 aromatic heterocycles. The molecule has 2 N–H and O–H groups in total. The third kappa shape index (κ3) is 3.88. The van der Waals surface area contributed by atoms with Crippen molar-refractivity contribution in [1.29, 1.82) is 0 Å². The van der Waals surface area contributed by atoms with Crippen LogP contribution in [-0.4, -0.2) is 67.2 Å². The number of rotatable bonds is 6. The lowest BCUT2D eigenvalue weighted by Gasteiger charge is -2.26. The summed E-state index contributed by atoms with van der Waals surface area (Å²) < 4.78 is 9.50. The Hall–Kier alpha value is -0.890. The largest absolute Gasteiger partial charge is 0.376 e. The van der Waals surface area contributed by atoms with Gasteiger partial charge in [-0.15, -0.1) is 0 Å². The Labute approximate surface area is 82.4 Å². The Kier molecular flexibility index (Phi) is 7.03. The second-order valence-electron chi connectivity index (χ2n) is 2.48. The van der Waals surface area contributed by atoms with E-state index in [1.807, 2.05) is 0 Å². The lowest BCUT2D eigenvalue weighted by atomic mass is 10.7. The highest BCUT2D eigenvalue weighted by atomic mass is 16.5. The van der Waals surface area contributed by atoms with Gasteiger partial charge in [0.15, 0.2) is 0 Å². The van der Waals surface area contributed by atoms with Gasteiger partial charge < -0.3 is 19.7 Å². The first-order valence-corrected chi connectivity index (χ1v) is 3.94. The number of amides is 2. The van der Waals surface area contributed by atoms with Gasteiger partial charge in [0.25, 0.3) is 0 Å². The van der Waals surface area contributed by atoms with Gasteiger partial charge in [-0.05, 0) is 0 Å². The zero-order valence-corrected chi connectivity index (χ0v) is 8.34. The third-order valence-electron chi connectivity index (χ3n) is 1.45. The van der Waals surface area contributed by atoms with Crippen LogP contribution in [0.5, 0.6) is 0 Å². The summed E-state index contributed by atoms with van der Waals surface area (Å²) in [6.07, 6.45) is 0. The fourth-order valence-electron chi connectivity index (χ4n) is 0.825. The van der Waals surface area contributed by atoms with Crippen LogP contribution < -0.4 is 0 Å². The molecule has 0 unspecified atom stereocenters. The average Bonchev–Trinajstić information content (AvgIpc) is 2.19. The highest BCUT2D eigenvalue weighted by molar-refractivity contribution is 5.73. The first-order chi connectivity index (χ1) is 6.71. The second kappa shape index (κ2) is 7.51. The normalized spacial score (nSPS) is 10.0. The van der Waals surface area contributed by atoms with E-state index in [4.69, 9.17) is 19.7 Å².